The van der Waals surface area contributed by atoms with E-state index in [0.29, 0.717) is 30.3 Å². The van der Waals surface area contributed by atoms with E-state index in [2.05, 4.69) is 5.32 Å². The van der Waals surface area contributed by atoms with E-state index < -0.39 is 5.54 Å². The Bertz CT molecular complexity index is 1230. The number of aromatic nitrogens is 1. The lowest BCUT2D eigenvalue weighted by Gasteiger charge is -2.44. The zero-order valence-electron chi connectivity index (χ0n) is 20.6. The fraction of sp³-hybridized carbons (Fsp3) is 0.481. The Morgan fingerprint density at radius 3 is 2.49 bits per heavy atom. The fourth-order valence-corrected chi connectivity index (χ4v) is 6.22. The van der Waals surface area contributed by atoms with Crippen LogP contribution in [0.3, 0.4) is 0 Å². The molecule has 2 aromatic heterocycles. The van der Waals surface area contributed by atoms with E-state index >= 15 is 0 Å². The molecular weight excluding hydrogens is 462 g/mol. The van der Waals surface area contributed by atoms with Crippen molar-refractivity contribution in [3.8, 4) is 11.5 Å². The second kappa shape index (κ2) is 9.57. The summed E-state index contributed by atoms with van der Waals surface area (Å²) in [7, 11) is 3.24. The molecule has 1 N–H and O–H groups in total. The molecule has 35 heavy (non-hydrogen) atoms. The Labute approximate surface area is 210 Å². The highest BCUT2D eigenvalue weighted by atomic mass is 32.1. The molecule has 0 unspecified atom stereocenters. The summed E-state index contributed by atoms with van der Waals surface area (Å²) in [4.78, 5) is 30.8. The zero-order valence-corrected chi connectivity index (χ0v) is 21.5. The van der Waals surface area contributed by atoms with E-state index in [0.717, 1.165) is 41.5 Å². The van der Waals surface area contributed by atoms with Gasteiger partial charge in [-0.15, -0.1) is 11.3 Å². The lowest BCUT2D eigenvalue weighted by molar-refractivity contribution is -0.134. The van der Waals surface area contributed by atoms with Crippen molar-refractivity contribution in [3.05, 3.63) is 46.3 Å². The Kier molecular flexibility index (Phi) is 6.49. The minimum absolute atomic E-state index is 0.0938. The minimum Gasteiger partial charge on any atom is -0.496 e. The van der Waals surface area contributed by atoms with E-state index in [1.807, 2.05) is 47.2 Å². The molecule has 1 aromatic carbocycles. The SMILES string of the molecule is COc1ccc(OC)c2c1cc1n2C[C@@](C)(C(=O)NC2CCCCCC2)N(Cc2cccs2)C1=O. The van der Waals surface area contributed by atoms with Crippen LogP contribution in [0.2, 0.25) is 0 Å². The summed E-state index contributed by atoms with van der Waals surface area (Å²) in [5, 5.41) is 6.13. The topological polar surface area (TPSA) is 72.8 Å². The van der Waals surface area contributed by atoms with E-state index in [-0.39, 0.29) is 17.9 Å². The third-order valence-corrected chi connectivity index (χ3v) is 8.38. The maximum atomic E-state index is 14.0. The number of hydrogen-bond donors (Lipinski definition) is 1. The van der Waals surface area contributed by atoms with Gasteiger partial charge >= 0.3 is 0 Å². The lowest BCUT2D eigenvalue weighted by Crippen LogP contribution is -2.64. The average Bonchev–Trinajstić information content (AvgIpc) is 3.43. The van der Waals surface area contributed by atoms with Gasteiger partial charge in [0.25, 0.3) is 5.91 Å². The van der Waals surface area contributed by atoms with Crippen LogP contribution in [0, 0.1) is 0 Å². The standard InChI is InChI=1S/C27H33N3O4S/c1-27(26(32)28-18-9-6-4-5-7-10-18)17-29-21(25(31)30(27)16-19-11-8-14-35-19)15-20-22(33-2)12-13-23(34-3)24(20)29/h8,11-15,18H,4-7,9-10,16-17H2,1-3H3,(H,28,32)/t27-/m0/s1. The number of thiophene rings is 1. The predicted octanol–water partition coefficient (Wildman–Crippen LogP) is 4.97. The number of carbonyl (C=O) groups excluding carboxylic acids is 2. The van der Waals surface area contributed by atoms with Crippen molar-refractivity contribution in [3.63, 3.8) is 0 Å². The number of fused-ring (bicyclic) bond motifs is 3. The Morgan fingerprint density at radius 2 is 1.83 bits per heavy atom. The molecule has 3 heterocycles. The largest absolute Gasteiger partial charge is 0.496 e. The smallest absolute Gasteiger partial charge is 0.271 e. The number of carbonyl (C=O) groups is 2. The molecule has 0 bridgehead atoms. The average molecular weight is 496 g/mol. The summed E-state index contributed by atoms with van der Waals surface area (Å²) in [6.07, 6.45) is 6.67. The van der Waals surface area contributed by atoms with Crippen molar-refractivity contribution in [1.29, 1.82) is 0 Å². The van der Waals surface area contributed by atoms with Gasteiger partial charge in [-0.05, 0) is 49.4 Å². The lowest BCUT2D eigenvalue weighted by atomic mass is 9.93. The third kappa shape index (κ3) is 4.18. The van der Waals surface area contributed by atoms with Crippen molar-refractivity contribution in [2.45, 2.75) is 70.1 Å². The number of nitrogens with zero attached hydrogens (tertiary/aromatic N) is 2. The number of ether oxygens (including phenoxy) is 2. The molecule has 2 amide bonds. The summed E-state index contributed by atoms with van der Waals surface area (Å²) < 4.78 is 13.2. The van der Waals surface area contributed by atoms with Gasteiger partial charge in [-0.2, -0.15) is 0 Å². The van der Waals surface area contributed by atoms with Gasteiger partial charge in [0.15, 0.2) is 0 Å². The van der Waals surface area contributed by atoms with E-state index in [1.54, 1.807) is 30.5 Å². The van der Waals surface area contributed by atoms with Crippen molar-refractivity contribution < 1.29 is 19.1 Å². The van der Waals surface area contributed by atoms with Gasteiger partial charge in [-0.3, -0.25) is 9.59 Å². The second-order valence-corrected chi connectivity index (χ2v) is 10.8. The zero-order chi connectivity index (χ0) is 24.6. The van der Waals surface area contributed by atoms with Gasteiger partial charge in [0.05, 0.1) is 32.8 Å². The van der Waals surface area contributed by atoms with Crippen LogP contribution in [0.4, 0.5) is 0 Å². The molecule has 1 aliphatic carbocycles. The second-order valence-electron chi connectivity index (χ2n) is 9.75. The first kappa shape index (κ1) is 23.7. The third-order valence-electron chi connectivity index (χ3n) is 7.52. The maximum absolute atomic E-state index is 14.0. The number of benzene rings is 1. The first-order valence-electron chi connectivity index (χ1n) is 12.4. The van der Waals surface area contributed by atoms with Gasteiger partial charge in [0, 0.05) is 16.3 Å². The molecule has 1 aliphatic heterocycles. The molecule has 7 nitrogen and oxygen atoms in total. The summed E-state index contributed by atoms with van der Waals surface area (Å²) >= 11 is 1.60. The molecule has 0 spiro atoms. The molecule has 1 fully saturated rings. The molecule has 2 aliphatic rings. The summed E-state index contributed by atoms with van der Waals surface area (Å²) in [6, 6.07) is 9.70. The van der Waals surface area contributed by atoms with Gasteiger partial charge in [0.2, 0.25) is 5.91 Å². The van der Waals surface area contributed by atoms with Crippen molar-refractivity contribution in [2.24, 2.45) is 0 Å². The molecule has 186 valence electrons. The van der Waals surface area contributed by atoms with E-state index in [1.165, 1.54) is 12.8 Å². The van der Waals surface area contributed by atoms with Gasteiger partial charge in [0.1, 0.15) is 22.7 Å². The normalized spacial score (nSPS) is 21.0. The van der Waals surface area contributed by atoms with E-state index in [9.17, 15) is 9.59 Å². The van der Waals surface area contributed by atoms with Crippen LogP contribution in [0.25, 0.3) is 10.9 Å². The van der Waals surface area contributed by atoms with Crippen LogP contribution in [-0.2, 0) is 17.9 Å². The summed E-state index contributed by atoms with van der Waals surface area (Å²) in [5.41, 5.74) is 0.263. The quantitative estimate of drug-likeness (QED) is 0.490. The summed E-state index contributed by atoms with van der Waals surface area (Å²) in [5.74, 6) is 1.06. The molecular formula is C27H33N3O4S. The molecule has 8 heteroatoms. The first-order chi connectivity index (χ1) is 17.0. The highest BCUT2D eigenvalue weighted by molar-refractivity contribution is 7.09. The van der Waals surface area contributed by atoms with Gasteiger partial charge in [-0.1, -0.05) is 31.7 Å². The number of hydrogen-bond acceptors (Lipinski definition) is 5. The van der Waals surface area contributed by atoms with Crippen LogP contribution in [0.5, 0.6) is 11.5 Å². The van der Waals surface area contributed by atoms with Gasteiger partial charge in [-0.25, -0.2) is 0 Å². The van der Waals surface area contributed by atoms with Crippen LogP contribution < -0.4 is 14.8 Å². The van der Waals surface area contributed by atoms with E-state index in [4.69, 9.17) is 9.47 Å². The van der Waals surface area contributed by atoms with Crippen LogP contribution in [-0.4, -0.2) is 47.1 Å². The number of amides is 2. The minimum atomic E-state index is -1.06. The van der Waals surface area contributed by atoms with Crippen LogP contribution in [0.1, 0.15) is 60.8 Å². The Balaban J connectivity index is 1.60. The molecule has 1 atom stereocenters. The monoisotopic (exact) mass is 495 g/mol. The number of methoxy groups -OCH3 is 2. The molecule has 5 rings (SSSR count). The van der Waals surface area contributed by atoms with Crippen LogP contribution in [0.15, 0.2) is 35.7 Å². The Hall–Kier alpha value is -3.00. The van der Waals surface area contributed by atoms with Crippen molar-refractivity contribution >= 4 is 34.1 Å². The number of nitrogens with one attached hydrogen (secondary N) is 1. The molecule has 0 saturated heterocycles. The predicted molar refractivity (Wildman–Crippen MR) is 137 cm³/mol. The van der Waals surface area contributed by atoms with Crippen molar-refractivity contribution in [2.75, 3.05) is 14.2 Å². The number of rotatable bonds is 6. The first-order valence-corrected chi connectivity index (χ1v) is 13.2. The molecule has 1 saturated carbocycles. The highest BCUT2D eigenvalue weighted by Crippen LogP contribution is 2.40. The maximum Gasteiger partial charge on any atom is 0.271 e. The molecule has 3 aromatic rings. The fourth-order valence-electron chi connectivity index (χ4n) is 5.53. The van der Waals surface area contributed by atoms with Crippen LogP contribution >= 0.6 is 11.3 Å². The highest BCUT2D eigenvalue weighted by Gasteiger charge is 2.48. The van der Waals surface area contributed by atoms with Gasteiger partial charge < -0.3 is 24.3 Å². The molecule has 0 radical (unpaired) electrons. The van der Waals surface area contributed by atoms with Crippen molar-refractivity contribution in [1.82, 2.24) is 14.8 Å². The summed E-state index contributed by atoms with van der Waals surface area (Å²) in [6.45, 7) is 2.62. The Morgan fingerprint density at radius 1 is 1.11 bits per heavy atom.